The Bertz CT molecular complexity index is 839. The van der Waals surface area contributed by atoms with Crippen molar-refractivity contribution in [3.05, 3.63) is 29.3 Å². The Balaban J connectivity index is 1.56. The van der Waals surface area contributed by atoms with Crippen LogP contribution in [-0.2, 0) is 14.8 Å². The molecule has 2 amide bonds. The van der Waals surface area contributed by atoms with Gasteiger partial charge in [0.2, 0.25) is 10.0 Å². The van der Waals surface area contributed by atoms with Gasteiger partial charge in [-0.1, -0.05) is 17.7 Å². The number of nitrogens with one attached hydrogen (secondary N) is 2. The molecule has 0 radical (unpaired) electrons. The van der Waals surface area contributed by atoms with Gasteiger partial charge >= 0.3 is 6.03 Å². The summed E-state index contributed by atoms with van der Waals surface area (Å²) in [5.74, 6) is 0. The standard InChI is InChI=1S/C21H34N4O4S/c1-16-4-5-20(17(2)14-16)23-21(26)22-9-11-25(18-7-12-29-13-8-18)19-6-10-24(15-19)30(3,27)28/h4-5,14,18-19H,6-13,15H2,1-3H3,(H2,22,23,26). The van der Waals surface area contributed by atoms with Gasteiger partial charge in [0, 0.05) is 57.2 Å². The molecule has 0 saturated carbocycles. The molecular weight excluding hydrogens is 404 g/mol. The van der Waals surface area contributed by atoms with Crippen molar-refractivity contribution in [3.8, 4) is 0 Å². The molecule has 3 rings (SSSR count). The van der Waals surface area contributed by atoms with Crippen LogP contribution < -0.4 is 10.6 Å². The zero-order chi connectivity index (χ0) is 21.7. The molecule has 1 atom stereocenters. The van der Waals surface area contributed by atoms with Crippen molar-refractivity contribution in [3.63, 3.8) is 0 Å². The molecule has 1 aromatic rings. The minimum Gasteiger partial charge on any atom is -0.381 e. The summed E-state index contributed by atoms with van der Waals surface area (Å²) in [7, 11) is -3.17. The van der Waals surface area contributed by atoms with Gasteiger partial charge in [-0.05, 0) is 44.7 Å². The lowest BCUT2D eigenvalue weighted by molar-refractivity contribution is 0.0197. The molecule has 0 aliphatic carbocycles. The van der Waals surface area contributed by atoms with E-state index in [1.165, 1.54) is 6.26 Å². The molecule has 0 spiro atoms. The molecule has 2 aliphatic rings. The van der Waals surface area contributed by atoms with Crippen molar-refractivity contribution in [2.24, 2.45) is 0 Å². The Hall–Kier alpha value is -1.68. The summed E-state index contributed by atoms with van der Waals surface area (Å²) >= 11 is 0. The second kappa shape index (κ2) is 10.1. The average Bonchev–Trinajstić information content (AvgIpc) is 3.18. The molecule has 8 nitrogen and oxygen atoms in total. The number of carbonyl (C=O) groups excluding carboxylic acids is 1. The second-order valence-electron chi connectivity index (χ2n) is 8.34. The minimum absolute atomic E-state index is 0.173. The molecular formula is C21H34N4O4S. The van der Waals surface area contributed by atoms with E-state index in [4.69, 9.17) is 4.74 Å². The summed E-state index contributed by atoms with van der Waals surface area (Å²) in [5.41, 5.74) is 2.99. The molecule has 2 heterocycles. The Kier molecular flexibility index (Phi) is 7.73. The van der Waals surface area contributed by atoms with Crippen LogP contribution in [0.15, 0.2) is 18.2 Å². The number of rotatable bonds is 7. The zero-order valence-electron chi connectivity index (χ0n) is 18.2. The van der Waals surface area contributed by atoms with E-state index in [9.17, 15) is 13.2 Å². The third kappa shape index (κ3) is 6.16. The number of aryl methyl sites for hydroxylation is 2. The van der Waals surface area contributed by atoms with E-state index in [0.29, 0.717) is 32.2 Å². The zero-order valence-corrected chi connectivity index (χ0v) is 19.0. The van der Waals surface area contributed by atoms with E-state index in [0.717, 1.165) is 49.3 Å². The monoisotopic (exact) mass is 438 g/mol. The van der Waals surface area contributed by atoms with Gasteiger partial charge in [-0.2, -0.15) is 0 Å². The number of anilines is 1. The number of hydrogen-bond acceptors (Lipinski definition) is 5. The first-order valence-corrected chi connectivity index (χ1v) is 12.5. The quantitative estimate of drug-likeness (QED) is 0.679. The summed E-state index contributed by atoms with van der Waals surface area (Å²) in [6, 6.07) is 6.23. The first kappa shape index (κ1) is 23.0. The van der Waals surface area contributed by atoms with Crippen LogP contribution in [0.4, 0.5) is 10.5 Å². The maximum absolute atomic E-state index is 12.4. The fraction of sp³-hybridized carbons (Fsp3) is 0.667. The Labute approximate surface area is 180 Å². The maximum atomic E-state index is 12.4. The number of nitrogens with zero attached hydrogens (tertiary/aromatic N) is 2. The highest BCUT2D eigenvalue weighted by Crippen LogP contribution is 2.24. The summed E-state index contributed by atoms with van der Waals surface area (Å²) < 4.78 is 30.9. The van der Waals surface area contributed by atoms with E-state index in [1.54, 1.807) is 4.31 Å². The third-order valence-corrected chi connectivity index (χ3v) is 7.28. The van der Waals surface area contributed by atoms with Gasteiger partial charge in [0.1, 0.15) is 0 Å². The van der Waals surface area contributed by atoms with Gasteiger partial charge < -0.3 is 15.4 Å². The van der Waals surface area contributed by atoms with Crippen LogP contribution in [0.25, 0.3) is 0 Å². The molecule has 2 N–H and O–H groups in total. The summed E-state index contributed by atoms with van der Waals surface area (Å²) in [6.45, 7) is 7.72. The van der Waals surface area contributed by atoms with Crippen molar-refractivity contribution >= 4 is 21.7 Å². The number of sulfonamides is 1. The summed E-state index contributed by atoms with van der Waals surface area (Å²) in [6.07, 6.45) is 3.96. The first-order chi connectivity index (χ1) is 14.2. The van der Waals surface area contributed by atoms with Crippen LogP contribution in [0.2, 0.25) is 0 Å². The number of ether oxygens (including phenoxy) is 1. The maximum Gasteiger partial charge on any atom is 0.319 e. The van der Waals surface area contributed by atoms with Crippen molar-refractivity contribution in [2.75, 3.05) is 51.0 Å². The SMILES string of the molecule is Cc1ccc(NC(=O)NCCN(C2CCOCC2)C2CCN(S(C)(=O)=O)C2)c(C)c1. The number of carbonyl (C=O) groups is 1. The molecule has 2 aliphatic heterocycles. The second-order valence-corrected chi connectivity index (χ2v) is 10.3. The van der Waals surface area contributed by atoms with E-state index >= 15 is 0 Å². The van der Waals surface area contributed by atoms with E-state index in [2.05, 4.69) is 15.5 Å². The fourth-order valence-corrected chi connectivity index (χ4v) is 5.26. The molecule has 2 saturated heterocycles. The molecule has 9 heteroatoms. The van der Waals surface area contributed by atoms with Gasteiger partial charge in [0.25, 0.3) is 0 Å². The van der Waals surface area contributed by atoms with Gasteiger partial charge in [-0.3, -0.25) is 4.90 Å². The van der Waals surface area contributed by atoms with Gasteiger partial charge in [-0.15, -0.1) is 0 Å². The predicted octanol–water partition coefficient (Wildman–Crippen LogP) is 1.94. The van der Waals surface area contributed by atoms with E-state index < -0.39 is 10.0 Å². The van der Waals surface area contributed by atoms with Gasteiger partial charge in [0.15, 0.2) is 0 Å². The van der Waals surface area contributed by atoms with Crippen LogP contribution in [0.5, 0.6) is 0 Å². The number of benzene rings is 1. The largest absolute Gasteiger partial charge is 0.381 e. The highest BCUT2D eigenvalue weighted by molar-refractivity contribution is 7.88. The van der Waals surface area contributed by atoms with Gasteiger partial charge in [0.05, 0.1) is 6.26 Å². The lowest BCUT2D eigenvalue weighted by Crippen LogP contribution is -2.50. The van der Waals surface area contributed by atoms with Crippen molar-refractivity contribution in [2.45, 2.75) is 45.2 Å². The minimum atomic E-state index is -3.17. The van der Waals surface area contributed by atoms with Crippen LogP contribution in [0, 0.1) is 13.8 Å². The molecule has 168 valence electrons. The van der Waals surface area contributed by atoms with Crippen molar-refractivity contribution in [1.29, 1.82) is 0 Å². The molecule has 2 fully saturated rings. The Morgan fingerprint density at radius 2 is 1.93 bits per heavy atom. The first-order valence-electron chi connectivity index (χ1n) is 10.6. The number of urea groups is 1. The van der Waals surface area contributed by atoms with E-state index in [-0.39, 0.29) is 12.1 Å². The van der Waals surface area contributed by atoms with Crippen molar-refractivity contribution < 1.29 is 17.9 Å². The lowest BCUT2D eigenvalue weighted by Gasteiger charge is -2.38. The molecule has 1 unspecified atom stereocenters. The highest BCUT2D eigenvalue weighted by Gasteiger charge is 2.35. The summed E-state index contributed by atoms with van der Waals surface area (Å²) in [5, 5.41) is 5.86. The molecule has 30 heavy (non-hydrogen) atoms. The van der Waals surface area contributed by atoms with Crippen LogP contribution in [-0.4, -0.2) is 81.4 Å². The average molecular weight is 439 g/mol. The van der Waals surface area contributed by atoms with E-state index in [1.807, 2.05) is 32.0 Å². The third-order valence-electron chi connectivity index (χ3n) is 6.01. The van der Waals surface area contributed by atoms with Crippen LogP contribution >= 0.6 is 0 Å². The Morgan fingerprint density at radius 1 is 1.20 bits per heavy atom. The number of amides is 2. The van der Waals surface area contributed by atoms with Crippen molar-refractivity contribution in [1.82, 2.24) is 14.5 Å². The summed E-state index contributed by atoms with van der Waals surface area (Å²) in [4.78, 5) is 14.7. The lowest BCUT2D eigenvalue weighted by atomic mass is 10.0. The molecule has 1 aromatic carbocycles. The normalized spacial score (nSPS) is 21.1. The van der Waals surface area contributed by atoms with Crippen LogP contribution in [0.3, 0.4) is 0 Å². The van der Waals surface area contributed by atoms with Crippen LogP contribution in [0.1, 0.15) is 30.4 Å². The topological polar surface area (TPSA) is 91.0 Å². The molecule has 0 bridgehead atoms. The van der Waals surface area contributed by atoms with Gasteiger partial charge in [-0.25, -0.2) is 17.5 Å². The Morgan fingerprint density at radius 3 is 2.57 bits per heavy atom. The fourth-order valence-electron chi connectivity index (χ4n) is 4.38. The number of hydrogen-bond donors (Lipinski definition) is 2. The smallest absolute Gasteiger partial charge is 0.319 e. The predicted molar refractivity (Wildman–Crippen MR) is 118 cm³/mol. The highest BCUT2D eigenvalue weighted by atomic mass is 32.2. The molecule has 0 aromatic heterocycles.